The van der Waals surface area contributed by atoms with E-state index in [-0.39, 0.29) is 12.0 Å². The zero-order valence-electron chi connectivity index (χ0n) is 15.6. The number of aromatic nitrogens is 1. The number of anilines is 1. The highest BCUT2D eigenvalue weighted by molar-refractivity contribution is 7.80. The molecule has 3 aromatic rings. The molecule has 0 fully saturated rings. The minimum atomic E-state index is -0.367. The number of nitrogens with one attached hydrogen (secondary N) is 2. The Hall–Kier alpha value is -2.77. The van der Waals surface area contributed by atoms with E-state index in [1.54, 1.807) is 19.3 Å². The first kappa shape index (κ1) is 20.0. The lowest BCUT2D eigenvalue weighted by Crippen LogP contribution is -2.31. The Morgan fingerprint density at radius 2 is 1.93 bits per heavy atom. The number of esters is 1. The second-order valence-corrected chi connectivity index (χ2v) is 7.50. The van der Waals surface area contributed by atoms with E-state index in [0.717, 1.165) is 16.0 Å². The number of nitrogens with zero attached hydrogens (tertiary/aromatic N) is 1. The van der Waals surface area contributed by atoms with E-state index in [9.17, 15) is 4.79 Å². The number of hydrogen-bond acceptors (Lipinski definition) is 5. The van der Waals surface area contributed by atoms with Crippen LogP contribution in [0, 0.1) is 0 Å². The highest BCUT2D eigenvalue weighted by atomic mass is 32.1. The SMILES string of the molecule is CCOC(=O)c1cc(-c2ccccc2)sc1NC(=S)N[C@H](C)c1ccncc1. The van der Waals surface area contributed by atoms with Crippen LogP contribution in [0.1, 0.15) is 35.8 Å². The van der Waals surface area contributed by atoms with Gasteiger partial charge in [0.25, 0.3) is 0 Å². The maximum Gasteiger partial charge on any atom is 0.341 e. The molecule has 2 aromatic heterocycles. The van der Waals surface area contributed by atoms with E-state index in [0.29, 0.717) is 22.3 Å². The molecule has 0 radical (unpaired) electrons. The fraction of sp³-hybridized carbons (Fsp3) is 0.190. The van der Waals surface area contributed by atoms with Crippen molar-refractivity contribution in [2.75, 3.05) is 11.9 Å². The third-order valence-corrected chi connectivity index (χ3v) is 5.39. The molecule has 0 amide bonds. The Bertz CT molecular complexity index is 943. The van der Waals surface area contributed by atoms with Crippen molar-refractivity contribution in [2.24, 2.45) is 0 Å². The number of carbonyl (C=O) groups is 1. The standard InChI is InChI=1S/C21H21N3O2S2/c1-3-26-20(25)17-13-18(16-7-5-4-6-8-16)28-19(17)24-21(27)23-14(2)15-9-11-22-12-10-15/h4-14H,3H2,1-2H3,(H2,23,24,27)/t14-/m1/s1. The van der Waals surface area contributed by atoms with E-state index in [4.69, 9.17) is 17.0 Å². The van der Waals surface area contributed by atoms with Crippen LogP contribution in [0.15, 0.2) is 60.9 Å². The topological polar surface area (TPSA) is 63.2 Å². The molecule has 0 aliphatic rings. The van der Waals surface area contributed by atoms with Crippen molar-refractivity contribution in [1.29, 1.82) is 0 Å². The molecule has 5 nitrogen and oxygen atoms in total. The molecule has 0 spiro atoms. The molecule has 0 unspecified atom stereocenters. The zero-order valence-corrected chi connectivity index (χ0v) is 17.3. The largest absolute Gasteiger partial charge is 0.462 e. The molecule has 1 atom stereocenters. The Labute approximate surface area is 173 Å². The summed E-state index contributed by atoms with van der Waals surface area (Å²) in [5, 5.41) is 7.51. The summed E-state index contributed by atoms with van der Waals surface area (Å²) in [5.74, 6) is -0.367. The zero-order chi connectivity index (χ0) is 19.9. The fourth-order valence-corrected chi connectivity index (χ4v) is 4.06. The van der Waals surface area contributed by atoms with Crippen LogP contribution in [-0.2, 0) is 4.74 Å². The van der Waals surface area contributed by atoms with Gasteiger partial charge in [-0.1, -0.05) is 30.3 Å². The summed E-state index contributed by atoms with van der Waals surface area (Å²) >= 11 is 6.93. The van der Waals surface area contributed by atoms with Crippen molar-refractivity contribution in [3.63, 3.8) is 0 Å². The lowest BCUT2D eigenvalue weighted by atomic mass is 10.1. The van der Waals surface area contributed by atoms with Crippen molar-refractivity contribution in [2.45, 2.75) is 19.9 Å². The highest BCUT2D eigenvalue weighted by Crippen LogP contribution is 2.36. The molecule has 0 saturated carbocycles. The van der Waals surface area contributed by atoms with E-state index in [1.807, 2.05) is 55.5 Å². The van der Waals surface area contributed by atoms with Crippen molar-refractivity contribution in [1.82, 2.24) is 10.3 Å². The predicted octanol–water partition coefficient (Wildman–Crippen LogP) is 5.03. The van der Waals surface area contributed by atoms with Gasteiger partial charge in [-0.2, -0.15) is 0 Å². The number of pyridine rings is 1. The Kier molecular flexibility index (Phi) is 6.73. The number of benzene rings is 1. The third-order valence-electron chi connectivity index (χ3n) is 4.07. The Balaban J connectivity index is 1.80. The highest BCUT2D eigenvalue weighted by Gasteiger charge is 2.19. The first-order valence-electron chi connectivity index (χ1n) is 8.92. The van der Waals surface area contributed by atoms with Gasteiger partial charge >= 0.3 is 5.97 Å². The average Bonchev–Trinajstić information content (AvgIpc) is 3.13. The van der Waals surface area contributed by atoms with E-state index < -0.39 is 0 Å². The second kappa shape index (κ2) is 9.43. The Morgan fingerprint density at radius 3 is 2.61 bits per heavy atom. The molecule has 1 aromatic carbocycles. The van der Waals surface area contributed by atoms with Crippen LogP contribution in [0.2, 0.25) is 0 Å². The number of rotatable bonds is 6. The van der Waals surface area contributed by atoms with Gasteiger partial charge in [0, 0.05) is 17.3 Å². The van der Waals surface area contributed by atoms with Gasteiger partial charge in [0.15, 0.2) is 5.11 Å². The number of ether oxygens (including phenoxy) is 1. The summed E-state index contributed by atoms with van der Waals surface area (Å²) in [6, 6.07) is 15.6. The molecule has 2 N–H and O–H groups in total. The summed E-state index contributed by atoms with van der Waals surface area (Å²) in [6.07, 6.45) is 3.49. The molecule has 144 valence electrons. The quantitative estimate of drug-likeness (QED) is 0.438. The molecule has 0 aliphatic carbocycles. The van der Waals surface area contributed by atoms with Crippen LogP contribution < -0.4 is 10.6 Å². The maximum absolute atomic E-state index is 12.4. The van der Waals surface area contributed by atoms with Crippen LogP contribution in [-0.4, -0.2) is 22.7 Å². The predicted molar refractivity (Wildman–Crippen MR) is 118 cm³/mol. The molecule has 0 aliphatic heterocycles. The molecule has 28 heavy (non-hydrogen) atoms. The van der Waals surface area contributed by atoms with Gasteiger partial charge in [-0.05, 0) is 55.4 Å². The lowest BCUT2D eigenvalue weighted by Gasteiger charge is -2.17. The molecular formula is C21H21N3O2S2. The van der Waals surface area contributed by atoms with Crippen LogP contribution in [0.5, 0.6) is 0 Å². The van der Waals surface area contributed by atoms with Crippen LogP contribution >= 0.6 is 23.6 Å². The first-order valence-corrected chi connectivity index (χ1v) is 10.1. The molecule has 0 bridgehead atoms. The van der Waals surface area contributed by atoms with Gasteiger partial charge in [-0.25, -0.2) is 4.79 Å². The molecule has 0 saturated heterocycles. The summed E-state index contributed by atoms with van der Waals surface area (Å²) in [7, 11) is 0. The van der Waals surface area contributed by atoms with Crippen LogP contribution in [0.25, 0.3) is 10.4 Å². The van der Waals surface area contributed by atoms with Crippen LogP contribution in [0.4, 0.5) is 5.00 Å². The number of hydrogen-bond donors (Lipinski definition) is 2. The van der Waals surface area contributed by atoms with Crippen molar-refractivity contribution in [3.05, 3.63) is 72.1 Å². The summed E-state index contributed by atoms with van der Waals surface area (Å²) < 4.78 is 5.21. The lowest BCUT2D eigenvalue weighted by molar-refractivity contribution is 0.0528. The number of thiophene rings is 1. The average molecular weight is 412 g/mol. The summed E-state index contributed by atoms with van der Waals surface area (Å²) in [5.41, 5.74) is 2.59. The van der Waals surface area contributed by atoms with Gasteiger partial charge in [-0.3, -0.25) is 4.98 Å². The molecular weight excluding hydrogens is 390 g/mol. The summed E-state index contributed by atoms with van der Waals surface area (Å²) in [6.45, 7) is 4.12. The molecule has 7 heteroatoms. The third kappa shape index (κ3) is 4.94. The Morgan fingerprint density at radius 1 is 1.21 bits per heavy atom. The van der Waals surface area contributed by atoms with Gasteiger partial charge in [0.05, 0.1) is 18.2 Å². The van der Waals surface area contributed by atoms with E-state index in [2.05, 4.69) is 15.6 Å². The fourth-order valence-electron chi connectivity index (χ4n) is 2.66. The van der Waals surface area contributed by atoms with Crippen LogP contribution in [0.3, 0.4) is 0 Å². The van der Waals surface area contributed by atoms with Gasteiger partial charge in [0.1, 0.15) is 5.00 Å². The monoisotopic (exact) mass is 411 g/mol. The van der Waals surface area contributed by atoms with E-state index in [1.165, 1.54) is 11.3 Å². The normalized spacial score (nSPS) is 11.5. The first-order chi connectivity index (χ1) is 13.6. The molecule has 3 rings (SSSR count). The van der Waals surface area contributed by atoms with Crippen molar-refractivity contribution >= 4 is 39.6 Å². The minimum Gasteiger partial charge on any atom is -0.462 e. The minimum absolute atomic E-state index is 0.00241. The van der Waals surface area contributed by atoms with Crippen molar-refractivity contribution < 1.29 is 9.53 Å². The number of carbonyl (C=O) groups excluding carboxylic acids is 1. The second-order valence-electron chi connectivity index (χ2n) is 6.04. The summed E-state index contributed by atoms with van der Waals surface area (Å²) in [4.78, 5) is 17.4. The van der Waals surface area contributed by atoms with Gasteiger partial charge in [-0.15, -0.1) is 11.3 Å². The smallest absolute Gasteiger partial charge is 0.341 e. The van der Waals surface area contributed by atoms with Gasteiger partial charge in [0.2, 0.25) is 0 Å². The van der Waals surface area contributed by atoms with Crippen molar-refractivity contribution in [3.8, 4) is 10.4 Å². The number of thiocarbonyl (C=S) groups is 1. The van der Waals surface area contributed by atoms with Gasteiger partial charge < -0.3 is 15.4 Å². The maximum atomic E-state index is 12.4. The van der Waals surface area contributed by atoms with E-state index >= 15 is 0 Å². The molecule has 2 heterocycles.